The Labute approximate surface area is 211 Å². The Balaban J connectivity index is 1.45. The number of alkyl halides is 1. The molecule has 0 bridgehead atoms. The van der Waals surface area contributed by atoms with E-state index in [4.69, 9.17) is 4.74 Å². The Hall–Kier alpha value is -0.0600. The zero-order chi connectivity index (χ0) is 23.1. The van der Waals surface area contributed by atoms with Crippen LogP contribution in [0.3, 0.4) is 0 Å². The molecular formula is C29H47IO2. The monoisotopic (exact) mass is 554 g/mol. The van der Waals surface area contributed by atoms with Crippen LogP contribution in [-0.2, 0) is 9.53 Å². The Morgan fingerprint density at radius 1 is 1.09 bits per heavy atom. The van der Waals surface area contributed by atoms with E-state index < -0.39 is 0 Å². The second kappa shape index (κ2) is 9.90. The highest BCUT2D eigenvalue weighted by Crippen LogP contribution is 2.67. The van der Waals surface area contributed by atoms with Crippen molar-refractivity contribution in [2.24, 2.45) is 46.3 Å². The predicted molar refractivity (Wildman–Crippen MR) is 142 cm³/mol. The van der Waals surface area contributed by atoms with E-state index in [2.05, 4.69) is 63.3 Å². The third-order valence-electron chi connectivity index (χ3n) is 10.7. The summed E-state index contributed by atoms with van der Waals surface area (Å²) >= 11 is 2.12. The highest BCUT2D eigenvalue weighted by Gasteiger charge is 2.59. The fourth-order valence-corrected chi connectivity index (χ4v) is 9.15. The van der Waals surface area contributed by atoms with E-state index in [1.165, 1.54) is 57.8 Å². The minimum Gasteiger partial charge on any atom is -0.461 e. The van der Waals surface area contributed by atoms with Gasteiger partial charge in [0.05, 0.1) is 4.43 Å². The van der Waals surface area contributed by atoms with Crippen molar-refractivity contribution in [1.29, 1.82) is 0 Å². The Bertz CT molecular complexity index is 714. The number of hydrogen-bond acceptors (Lipinski definition) is 2. The van der Waals surface area contributed by atoms with Gasteiger partial charge in [-0.3, -0.25) is 4.79 Å². The smallest absolute Gasteiger partial charge is 0.316 e. The average Bonchev–Trinajstić information content (AvgIpc) is 3.11. The molecule has 0 spiro atoms. The second-order valence-electron chi connectivity index (χ2n) is 12.8. The molecule has 0 unspecified atom stereocenters. The highest BCUT2D eigenvalue weighted by molar-refractivity contribution is 14.1. The van der Waals surface area contributed by atoms with Crippen LogP contribution in [0.5, 0.6) is 0 Å². The van der Waals surface area contributed by atoms with Crippen LogP contribution >= 0.6 is 22.6 Å². The number of rotatable bonds is 7. The number of allylic oxidation sites excluding steroid dienone is 1. The topological polar surface area (TPSA) is 26.3 Å². The summed E-state index contributed by atoms with van der Waals surface area (Å²) in [6, 6.07) is 0. The van der Waals surface area contributed by atoms with E-state index in [1.807, 2.05) is 0 Å². The molecule has 0 amide bonds. The van der Waals surface area contributed by atoms with Gasteiger partial charge in [-0.15, -0.1) is 0 Å². The van der Waals surface area contributed by atoms with Crippen molar-refractivity contribution < 1.29 is 9.53 Å². The van der Waals surface area contributed by atoms with Crippen molar-refractivity contribution in [3.05, 3.63) is 11.6 Å². The van der Waals surface area contributed by atoms with Crippen LogP contribution in [0.1, 0.15) is 105 Å². The van der Waals surface area contributed by atoms with Gasteiger partial charge in [0.25, 0.3) is 0 Å². The van der Waals surface area contributed by atoms with Crippen molar-refractivity contribution in [3.63, 3.8) is 0 Å². The van der Waals surface area contributed by atoms with Crippen LogP contribution in [0, 0.1) is 46.3 Å². The van der Waals surface area contributed by atoms with E-state index in [0.29, 0.717) is 15.3 Å². The zero-order valence-electron chi connectivity index (χ0n) is 21.3. The number of carbonyl (C=O) groups excluding carboxylic acids is 1. The minimum atomic E-state index is -0.0403. The normalized spacial score (nSPS) is 42.0. The van der Waals surface area contributed by atoms with Crippen LogP contribution < -0.4 is 0 Å². The molecule has 4 aliphatic carbocycles. The first-order valence-electron chi connectivity index (χ1n) is 13.6. The molecule has 4 aliphatic rings. The second-order valence-corrected chi connectivity index (χ2v) is 13.5. The summed E-state index contributed by atoms with van der Waals surface area (Å²) in [6.45, 7) is 12.6. The molecule has 3 saturated carbocycles. The number of hydrogen-bond donors (Lipinski definition) is 0. The molecule has 3 heteroatoms. The number of halogens is 1. The number of carbonyl (C=O) groups is 1. The van der Waals surface area contributed by atoms with Crippen molar-refractivity contribution in [2.75, 3.05) is 4.43 Å². The SMILES string of the molecule is CC(C)CCC[C@@H](C)[C@H]1CC[C@H]2[C@@H]3CC=C4C[C@H](OC(=O)CI)CC[C@]4(C)[C@H]3CC[C@]12C. The first-order chi connectivity index (χ1) is 15.2. The minimum absolute atomic E-state index is 0.0403. The van der Waals surface area contributed by atoms with Crippen LogP contribution in [0.25, 0.3) is 0 Å². The molecule has 0 aromatic carbocycles. The van der Waals surface area contributed by atoms with Crippen molar-refractivity contribution in [3.8, 4) is 0 Å². The van der Waals surface area contributed by atoms with Crippen LogP contribution in [0.15, 0.2) is 11.6 Å². The number of esters is 1. The van der Waals surface area contributed by atoms with Crippen molar-refractivity contribution in [1.82, 2.24) is 0 Å². The van der Waals surface area contributed by atoms with Gasteiger partial charge in [0, 0.05) is 6.42 Å². The third kappa shape index (κ3) is 4.59. The molecule has 0 aromatic heterocycles. The summed E-state index contributed by atoms with van der Waals surface area (Å²) in [7, 11) is 0. The molecule has 0 heterocycles. The largest absolute Gasteiger partial charge is 0.461 e. The fraction of sp³-hybridized carbons (Fsp3) is 0.897. The van der Waals surface area contributed by atoms with Gasteiger partial charge in [0.2, 0.25) is 0 Å². The van der Waals surface area contributed by atoms with Gasteiger partial charge < -0.3 is 4.74 Å². The standard InChI is InChI=1S/C29H47IO2/c1-19(2)7-6-8-20(3)24-11-12-25-23-10-9-21-17-22(32-27(31)18-30)13-15-28(21,4)26(23)14-16-29(24,25)5/h9,19-20,22-26H,6-8,10-18H2,1-5H3/t20-,22-,23+,24-,25+,26+,28+,29-/m1/s1. The van der Waals surface area contributed by atoms with Gasteiger partial charge in [0.1, 0.15) is 6.10 Å². The quantitative estimate of drug-likeness (QED) is 0.137. The molecule has 0 aliphatic heterocycles. The molecule has 2 nitrogen and oxygen atoms in total. The average molecular weight is 555 g/mol. The van der Waals surface area contributed by atoms with Gasteiger partial charge in [-0.2, -0.15) is 0 Å². The maximum atomic E-state index is 11.8. The first-order valence-corrected chi connectivity index (χ1v) is 15.2. The maximum Gasteiger partial charge on any atom is 0.316 e. The van der Waals surface area contributed by atoms with Crippen LogP contribution in [0.4, 0.5) is 0 Å². The lowest BCUT2D eigenvalue weighted by Crippen LogP contribution is -2.51. The predicted octanol–water partition coefficient (Wildman–Crippen LogP) is 8.37. The summed E-state index contributed by atoms with van der Waals surface area (Å²) in [4.78, 5) is 11.8. The van der Waals surface area contributed by atoms with E-state index in [9.17, 15) is 4.79 Å². The molecule has 3 fully saturated rings. The summed E-state index contributed by atoms with van der Waals surface area (Å²) in [5, 5.41) is 0. The Morgan fingerprint density at radius 2 is 1.88 bits per heavy atom. The van der Waals surface area contributed by atoms with Gasteiger partial charge in [-0.05, 0) is 91.3 Å². The van der Waals surface area contributed by atoms with Crippen molar-refractivity contribution in [2.45, 2.75) is 111 Å². The third-order valence-corrected chi connectivity index (χ3v) is 11.3. The molecule has 0 radical (unpaired) electrons. The maximum absolute atomic E-state index is 11.8. The van der Waals surface area contributed by atoms with E-state index in [-0.39, 0.29) is 12.1 Å². The summed E-state index contributed by atoms with van der Waals surface area (Å²) in [5.41, 5.74) is 2.53. The van der Waals surface area contributed by atoms with E-state index in [1.54, 1.807) is 5.57 Å². The van der Waals surface area contributed by atoms with Crippen LogP contribution in [0.2, 0.25) is 0 Å². The fourth-order valence-electron chi connectivity index (χ4n) is 8.97. The Kier molecular flexibility index (Phi) is 7.75. The molecule has 8 atom stereocenters. The summed E-state index contributed by atoms with van der Waals surface area (Å²) < 4.78 is 6.22. The lowest BCUT2D eigenvalue weighted by atomic mass is 9.47. The lowest BCUT2D eigenvalue weighted by molar-refractivity contribution is -0.147. The molecule has 0 N–H and O–H groups in total. The van der Waals surface area contributed by atoms with Crippen LogP contribution in [-0.4, -0.2) is 16.5 Å². The van der Waals surface area contributed by atoms with Crippen molar-refractivity contribution >= 4 is 28.6 Å². The first kappa shape index (κ1) is 25.0. The number of ether oxygens (including phenoxy) is 1. The van der Waals surface area contributed by atoms with Gasteiger partial charge >= 0.3 is 5.97 Å². The van der Waals surface area contributed by atoms with Gasteiger partial charge in [-0.25, -0.2) is 0 Å². The Morgan fingerprint density at radius 3 is 2.59 bits per heavy atom. The molecule has 4 rings (SSSR count). The molecule has 0 aromatic rings. The highest BCUT2D eigenvalue weighted by atomic mass is 127. The van der Waals surface area contributed by atoms with E-state index in [0.717, 1.165) is 48.3 Å². The van der Waals surface area contributed by atoms with E-state index >= 15 is 0 Å². The molecular weight excluding hydrogens is 507 g/mol. The molecule has 182 valence electrons. The zero-order valence-corrected chi connectivity index (χ0v) is 23.5. The summed E-state index contributed by atoms with van der Waals surface area (Å²) in [5.74, 6) is 5.26. The molecule has 32 heavy (non-hydrogen) atoms. The number of fused-ring (bicyclic) bond motifs is 5. The van der Waals surface area contributed by atoms with Gasteiger partial charge in [-0.1, -0.05) is 88.1 Å². The van der Waals surface area contributed by atoms with Gasteiger partial charge in [0.15, 0.2) is 0 Å². The summed E-state index contributed by atoms with van der Waals surface area (Å²) in [6.07, 6.45) is 17.3. The lowest BCUT2D eigenvalue weighted by Gasteiger charge is -2.58. The molecule has 0 saturated heterocycles.